The Balaban J connectivity index is 1.85. The molecule has 3 atom stereocenters. The monoisotopic (exact) mass is 173 g/mol. The molecule has 2 nitrogen and oxygen atoms in total. The Labute approximate surface area is 72.1 Å². The lowest BCUT2D eigenvalue weighted by Crippen LogP contribution is -2.34. The maximum atomic E-state index is 5.62. The summed E-state index contributed by atoms with van der Waals surface area (Å²) in [5.74, 6) is 3.37. The molecule has 0 aromatic rings. The zero-order valence-electron chi connectivity index (χ0n) is 6.88. The van der Waals surface area contributed by atoms with Crippen LogP contribution >= 0.6 is 11.8 Å². The van der Waals surface area contributed by atoms with Gasteiger partial charge in [-0.1, -0.05) is 0 Å². The summed E-state index contributed by atoms with van der Waals surface area (Å²) in [4.78, 5) is 0. The standard InChI is InChI=1S/C8H15NOS/c1-6-4-10-8(9-6)7-2-3-11-5-7/h6-9H,2-5H2,1H3. The van der Waals surface area contributed by atoms with Gasteiger partial charge in [-0.15, -0.1) is 0 Å². The van der Waals surface area contributed by atoms with Crippen LogP contribution in [0.25, 0.3) is 0 Å². The maximum Gasteiger partial charge on any atom is 0.112 e. The van der Waals surface area contributed by atoms with Gasteiger partial charge in [0.15, 0.2) is 0 Å². The van der Waals surface area contributed by atoms with E-state index in [0.29, 0.717) is 12.3 Å². The molecule has 0 aromatic heterocycles. The van der Waals surface area contributed by atoms with Gasteiger partial charge in [-0.3, -0.25) is 5.32 Å². The van der Waals surface area contributed by atoms with Crippen LogP contribution in [0, 0.1) is 5.92 Å². The highest BCUT2D eigenvalue weighted by Gasteiger charge is 2.30. The highest BCUT2D eigenvalue weighted by atomic mass is 32.2. The van der Waals surface area contributed by atoms with E-state index >= 15 is 0 Å². The quantitative estimate of drug-likeness (QED) is 0.641. The average molecular weight is 173 g/mol. The van der Waals surface area contributed by atoms with Crippen molar-refractivity contribution in [3.05, 3.63) is 0 Å². The van der Waals surface area contributed by atoms with Gasteiger partial charge in [0.25, 0.3) is 0 Å². The summed E-state index contributed by atoms with van der Waals surface area (Å²) >= 11 is 2.05. The fraction of sp³-hybridized carbons (Fsp3) is 1.00. The van der Waals surface area contributed by atoms with Crippen LogP contribution in [0.3, 0.4) is 0 Å². The Morgan fingerprint density at radius 3 is 3.00 bits per heavy atom. The van der Waals surface area contributed by atoms with Crippen LogP contribution in [-0.2, 0) is 4.74 Å². The zero-order chi connectivity index (χ0) is 7.68. The summed E-state index contributed by atoms with van der Waals surface area (Å²) in [6, 6.07) is 0.561. The van der Waals surface area contributed by atoms with Gasteiger partial charge in [0.2, 0.25) is 0 Å². The van der Waals surface area contributed by atoms with E-state index in [1.165, 1.54) is 17.9 Å². The first-order valence-corrected chi connectivity index (χ1v) is 5.47. The molecule has 11 heavy (non-hydrogen) atoms. The van der Waals surface area contributed by atoms with Crippen molar-refractivity contribution in [1.29, 1.82) is 0 Å². The summed E-state index contributed by atoms with van der Waals surface area (Å²) in [6.45, 7) is 3.08. The lowest BCUT2D eigenvalue weighted by atomic mass is 10.1. The van der Waals surface area contributed by atoms with Crippen LogP contribution in [-0.4, -0.2) is 30.4 Å². The summed E-state index contributed by atoms with van der Waals surface area (Å²) in [7, 11) is 0. The van der Waals surface area contributed by atoms with E-state index in [-0.39, 0.29) is 0 Å². The predicted molar refractivity (Wildman–Crippen MR) is 47.8 cm³/mol. The lowest BCUT2D eigenvalue weighted by Gasteiger charge is -2.16. The molecule has 0 radical (unpaired) electrons. The van der Waals surface area contributed by atoms with Crippen molar-refractivity contribution in [3.8, 4) is 0 Å². The third-order valence-electron chi connectivity index (χ3n) is 2.37. The topological polar surface area (TPSA) is 21.3 Å². The number of hydrogen-bond acceptors (Lipinski definition) is 3. The molecule has 2 rings (SSSR count). The van der Waals surface area contributed by atoms with Crippen LogP contribution in [0.15, 0.2) is 0 Å². The van der Waals surface area contributed by atoms with E-state index in [1.54, 1.807) is 0 Å². The molecule has 0 bridgehead atoms. The highest BCUT2D eigenvalue weighted by molar-refractivity contribution is 7.99. The van der Waals surface area contributed by atoms with Gasteiger partial charge in [0.1, 0.15) is 6.23 Å². The van der Waals surface area contributed by atoms with Crippen LogP contribution in [0.5, 0.6) is 0 Å². The van der Waals surface area contributed by atoms with E-state index < -0.39 is 0 Å². The summed E-state index contributed by atoms with van der Waals surface area (Å²) in [5.41, 5.74) is 0. The van der Waals surface area contributed by atoms with Crippen molar-refractivity contribution >= 4 is 11.8 Å². The Morgan fingerprint density at radius 1 is 1.55 bits per heavy atom. The Kier molecular flexibility index (Phi) is 2.39. The van der Waals surface area contributed by atoms with Crippen molar-refractivity contribution in [2.24, 2.45) is 5.92 Å². The summed E-state index contributed by atoms with van der Waals surface area (Å²) in [6.07, 6.45) is 1.69. The number of thioether (sulfide) groups is 1. The molecule has 1 N–H and O–H groups in total. The Bertz CT molecular complexity index is 136. The normalized spacial score (nSPS) is 45.0. The Hall–Kier alpha value is 0.270. The molecule has 2 aliphatic heterocycles. The van der Waals surface area contributed by atoms with Gasteiger partial charge in [-0.05, 0) is 24.9 Å². The van der Waals surface area contributed by atoms with E-state index in [9.17, 15) is 0 Å². The molecule has 3 heteroatoms. The second-order valence-electron chi connectivity index (χ2n) is 3.45. The van der Waals surface area contributed by atoms with Crippen LogP contribution in [0.1, 0.15) is 13.3 Å². The first kappa shape index (κ1) is 7.90. The molecule has 2 saturated heterocycles. The van der Waals surface area contributed by atoms with Crippen molar-refractivity contribution in [2.45, 2.75) is 25.6 Å². The Morgan fingerprint density at radius 2 is 2.45 bits per heavy atom. The fourth-order valence-electron chi connectivity index (χ4n) is 1.69. The molecule has 2 aliphatic rings. The van der Waals surface area contributed by atoms with Crippen molar-refractivity contribution < 1.29 is 4.74 Å². The molecule has 64 valence electrons. The van der Waals surface area contributed by atoms with Gasteiger partial charge < -0.3 is 4.74 Å². The molecule has 2 heterocycles. The third-order valence-corrected chi connectivity index (χ3v) is 3.56. The van der Waals surface area contributed by atoms with E-state index in [0.717, 1.165) is 12.5 Å². The van der Waals surface area contributed by atoms with Gasteiger partial charge in [-0.25, -0.2) is 0 Å². The van der Waals surface area contributed by atoms with E-state index in [1.807, 2.05) is 0 Å². The smallest absolute Gasteiger partial charge is 0.112 e. The third kappa shape index (κ3) is 1.71. The maximum absolute atomic E-state index is 5.62. The van der Waals surface area contributed by atoms with E-state index in [2.05, 4.69) is 24.0 Å². The molecule has 2 fully saturated rings. The number of ether oxygens (including phenoxy) is 1. The van der Waals surface area contributed by atoms with Crippen LogP contribution in [0.2, 0.25) is 0 Å². The molecule has 0 aromatic carbocycles. The first-order valence-electron chi connectivity index (χ1n) is 4.31. The number of hydrogen-bond donors (Lipinski definition) is 1. The first-order chi connectivity index (χ1) is 5.36. The molecule has 3 unspecified atom stereocenters. The molecule has 0 spiro atoms. The summed E-state index contributed by atoms with van der Waals surface area (Å²) < 4.78 is 5.62. The number of rotatable bonds is 1. The fourth-order valence-corrected chi connectivity index (χ4v) is 2.97. The molecular formula is C8H15NOS. The lowest BCUT2D eigenvalue weighted by molar-refractivity contribution is 0.0608. The molecule has 0 amide bonds. The van der Waals surface area contributed by atoms with Gasteiger partial charge in [-0.2, -0.15) is 11.8 Å². The molecular weight excluding hydrogens is 158 g/mol. The second kappa shape index (κ2) is 3.33. The van der Waals surface area contributed by atoms with Crippen LogP contribution < -0.4 is 5.32 Å². The zero-order valence-corrected chi connectivity index (χ0v) is 7.69. The predicted octanol–water partition coefficient (Wildman–Crippen LogP) is 1.07. The average Bonchev–Trinajstić information content (AvgIpc) is 2.55. The largest absolute Gasteiger partial charge is 0.361 e. The SMILES string of the molecule is CC1COC(C2CCSC2)N1. The minimum Gasteiger partial charge on any atom is -0.361 e. The van der Waals surface area contributed by atoms with Crippen molar-refractivity contribution in [3.63, 3.8) is 0 Å². The molecule has 0 aliphatic carbocycles. The van der Waals surface area contributed by atoms with Gasteiger partial charge in [0.05, 0.1) is 6.61 Å². The summed E-state index contributed by atoms with van der Waals surface area (Å²) in [5, 5.41) is 3.46. The highest BCUT2D eigenvalue weighted by Crippen LogP contribution is 2.28. The van der Waals surface area contributed by atoms with Crippen molar-refractivity contribution in [2.75, 3.05) is 18.1 Å². The second-order valence-corrected chi connectivity index (χ2v) is 4.60. The van der Waals surface area contributed by atoms with Gasteiger partial charge >= 0.3 is 0 Å². The van der Waals surface area contributed by atoms with Crippen LogP contribution in [0.4, 0.5) is 0 Å². The minimum absolute atomic E-state index is 0.361. The molecule has 0 saturated carbocycles. The minimum atomic E-state index is 0.361. The van der Waals surface area contributed by atoms with Gasteiger partial charge in [0, 0.05) is 12.0 Å². The number of nitrogens with one attached hydrogen (secondary N) is 1. The van der Waals surface area contributed by atoms with Crippen molar-refractivity contribution in [1.82, 2.24) is 5.32 Å². The van der Waals surface area contributed by atoms with E-state index in [4.69, 9.17) is 4.74 Å².